The topological polar surface area (TPSA) is 81.6 Å². The lowest BCUT2D eigenvalue weighted by Crippen LogP contribution is -2.39. The zero-order chi connectivity index (χ0) is 23.4. The van der Waals surface area contributed by atoms with Crippen molar-refractivity contribution in [3.8, 4) is 23.0 Å². The van der Waals surface area contributed by atoms with Crippen LogP contribution in [0.25, 0.3) is 0 Å². The third kappa shape index (κ3) is 4.03. The van der Waals surface area contributed by atoms with Gasteiger partial charge in [-0.25, -0.2) is 5.01 Å². The Bertz CT molecular complexity index is 1190. The Labute approximate surface area is 192 Å². The standard InChI is InChI=1S/C25H25N3O5/c1-30-20-13-7-9-16(22(20)32-3)15-26-28-24(18-11-8-14-21(31-2)23(18)33-4)27-19-12-6-5-10-17(19)25(28)29/h5-15,24,27H,1-4H3. The highest BCUT2D eigenvalue weighted by molar-refractivity contribution is 6.02. The van der Waals surface area contributed by atoms with Crippen molar-refractivity contribution in [2.45, 2.75) is 6.17 Å². The Kier molecular flexibility index (Phi) is 6.35. The maximum absolute atomic E-state index is 13.5. The van der Waals surface area contributed by atoms with Crippen molar-refractivity contribution in [3.63, 3.8) is 0 Å². The molecule has 1 aliphatic heterocycles. The summed E-state index contributed by atoms with van der Waals surface area (Å²) in [6.07, 6.45) is 0.944. The first-order valence-corrected chi connectivity index (χ1v) is 10.3. The number of ether oxygens (including phenoxy) is 4. The number of carbonyl (C=O) groups excluding carboxylic acids is 1. The van der Waals surface area contributed by atoms with Crippen LogP contribution in [0.1, 0.15) is 27.7 Å². The quantitative estimate of drug-likeness (QED) is 0.543. The summed E-state index contributed by atoms with van der Waals surface area (Å²) in [5.74, 6) is 1.92. The fourth-order valence-electron chi connectivity index (χ4n) is 3.84. The summed E-state index contributed by atoms with van der Waals surface area (Å²) in [5.41, 5.74) is 2.60. The molecule has 1 amide bonds. The predicted molar refractivity (Wildman–Crippen MR) is 126 cm³/mol. The number of nitrogens with one attached hydrogen (secondary N) is 1. The lowest BCUT2D eigenvalue weighted by atomic mass is 10.0. The maximum atomic E-state index is 13.5. The van der Waals surface area contributed by atoms with Gasteiger partial charge in [-0.1, -0.05) is 30.3 Å². The molecule has 3 aromatic rings. The van der Waals surface area contributed by atoms with Crippen molar-refractivity contribution in [3.05, 3.63) is 77.4 Å². The van der Waals surface area contributed by atoms with Gasteiger partial charge in [0.1, 0.15) is 0 Å². The normalized spacial score (nSPS) is 15.1. The fourth-order valence-corrected chi connectivity index (χ4v) is 3.84. The molecule has 0 aromatic heterocycles. The van der Waals surface area contributed by atoms with Crippen molar-refractivity contribution in [2.75, 3.05) is 33.8 Å². The second-order valence-corrected chi connectivity index (χ2v) is 7.15. The van der Waals surface area contributed by atoms with Crippen molar-refractivity contribution in [1.82, 2.24) is 5.01 Å². The third-order valence-corrected chi connectivity index (χ3v) is 5.38. The summed E-state index contributed by atoms with van der Waals surface area (Å²) in [7, 11) is 6.26. The second kappa shape index (κ2) is 9.52. The molecule has 0 bridgehead atoms. The number of hydrogen-bond acceptors (Lipinski definition) is 7. The first-order valence-electron chi connectivity index (χ1n) is 10.3. The number of rotatable bonds is 7. The number of hydrazone groups is 1. The van der Waals surface area contributed by atoms with Crippen molar-refractivity contribution < 1.29 is 23.7 Å². The summed E-state index contributed by atoms with van der Waals surface area (Å²) >= 11 is 0. The van der Waals surface area contributed by atoms with Crippen LogP contribution >= 0.6 is 0 Å². The van der Waals surface area contributed by atoms with E-state index in [0.717, 1.165) is 0 Å². The zero-order valence-electron chi connectivity index (χ0n) is 18.9. The predicted octanol–water partition coefficient (Wildman–Crippen LogP) is 4.32. The molecule has 8 nitrogen and oxygen atoms in total. The van der Waals surface area contributed by atoms with Gasteiger partial charge in [0.05, 0.1) is 40.2 Å². The van der Waals surface area contributed by atoms with Crippen LogP contribution in [-0.4, -0.2) is 45.6 Å². The van der Waals surface area contributed by atoms with E-state index in [-0.39, 0.29) is 5.91 Å². The van der Waals surface area contributed by atoms with Crippen molar-refractivity contribution >= 4 is 17.8 Å². The van der Waals surface area contributed by atoms with Crippen LogP contribution in [0.5, 0.6) is 23.0 Å². The summed E-state index contributed by atoms with van der Waals surface area (Å²) in [6.45, 7) is 0. The molecule has 0 fully saturated rings. The molecule has 0 spiro atoms. The van der Waals surface area contributed by atoms with E-state index in [1.165, 1.54) is 5.01 Å². The zero-order valence-corrected chi connectivity index (χ0v) is 18.9. The minimum atomic E-state index is -0.634. The lowest BCUT2D eigenvalue weighted by Gasteiger charge is -2.35. The smallest absolute Gasteiger partial charge is 0.278 e. The van der Waals surface area contributed by atoms with Crippen LogP contribution in [0.3, 0.4) is 0 Å². The van der Waals surface area contributed by atoms with Crippen molar-refractivity contribution in [1.29, 1.82) is 0 Å². The number of benzene rings is 3. The average Bonchev–Trinajstić information content (AvgIpc) is 2.87. The van der Waals surface area contributed by atoms with E-state index >= 15 is 0 Å². The van der Waals surface area contributed by atoms with Gasteiger partial charge in [0.15, 0.2) is 29.2 Å². The van der Waals surface area contributed by atoms with Crippen molar-refractivity contribution in [2.24, 2.45) is 5.10 Å². The molecule has 0 saturated heterocycles. The summed E-state index contributed by atoms with van der Waals surface area (Å²) in [4.78, 5) is 13.5. The molecule has 4 rings (SSSR count). The molecular weight excluding hydrogens is 422 g/mol. The molecule has 3 aromatic carbocycles. The number of methoxy groups -OCH3 is 4. The van der Waals surface area contributed by atoms with E-state index < -0.39 is 6.17 Å². The Morgan fingerprint density at radius 2 is 1.48 bits per heavy atom. The Balaban J connectivity index is 1.83. The van der Waals surface area contributed by atoms with Gasteiger partial charge >= 0.3 is 0 Å². The first-order chi connectivity index (χ1) is 16.1. The molecule has 0 radical (unpaired) electrons. The van der Waals surface area contributed by atoms with E-state index in [1.807, 2.05) is 42.5 Å². The van der Waals surface area contributed by atoms with Gasteiger partial charge in [-0.15, -0.1) is 0 Å². The lowest BCUT2D eigenvalue weighted by molar-refractivity contribution is 0.0689. The molecule has 1 heterocycles. The van der Waals surface area contributed by atoms with Crippen LogP contribution in [0, 0.1) is 0 Å². The highest BCUT2D eigenvalue weighted by Crippen LogP contribution is 2.41. The van der Waals surface area contributed by atoms with Gasteiger partial charge in [0.2, 0.25) is 0 Å². The first kappa shape index (κ1) is 22.0. The number of carbonyl (C=O) groups is 1. The van der Waals surface area contributed by atoms with Gasteiger partial charge in [-0.2, -0.15) is 5.10 Å². The van der Waals surface area contributed by atoms with Crippen LogP contribution in [-0.2, 0) is 0 Å². The van der Waals surface area contributed by atoms with Gasteiger partial charge < -0.3 is 24.3 Å². The van der Waals surface area contributed by atoms with Gasteiger partial charge in [-0.3, -0.25) is 4.79 Å². The third-order valence-electron chi connectivity index (χ3n) is 5.38. The van der Waals surface area contributed by atoms with Crippen LogP contribution in [0.15, 0.2) is 65.8 Å². The summed E-state index contributed by atoms with van der Waals surface area (Å²) in [6, 6.07) is 18.3. The minimum Gasteiger partial charge on any atom is -0.493 e. The Morgan fingerprint density at radius 1 is 0.818 bits per heavy atom. The van der Waals surface area contributed by atoms with E-state index in [9.17, 15) is 4.79 Å². The monoisotopic (exact) mass is 447 g/mol. The molecule has 33 heavy (non-hydrogen) atoms. The molecule has 1 unspecified atom stereocenters. The fraction of sp³-hybridized carbons (Fsp3) is 0.200. The van der Waals surface area contributed by atoms with Gasteiger partial charge in [0, 0.05) is 16.8 Å². The average molecular weight is 447 g/mol. The minimum absolute atomic E-state index is 0.252. The number of fused-ring (bicyclic) bond motifs is 1. The molecular formula is C25H25N3O5. The Hall–Kier alpha value is -4.20. The molecule has 1 N–H and O–H groups in total. The highest BCUT2D eigenvalue weighted by Gasteiger charge is 2.35. The number of anilines is 1. The SMILES string of the molecule is COc1cccc(C=NN2C(=O)c3ccccc3NC2c2cccc(OC)c2OC)c1OC. The van der Waals surface area contributed by atoms with Gasteiger partial charge in [-0.05, 0) is 30.3 Å². The van der Waals surface area contributed by atoms with Crippen LogP contribution in [0.4, 0.5) is 5.69 Å². The number of amides is 1. The van der Waals surface area contributed by atoms with E-state index in [2.05, 4.69) is 10.4 Å². The maximum Gasteiger partial charge on any atom is 0.278 e. The molecule has 8 heteroatoms. The van der Waals surface area contributed by atoms with Gasteiger partial charge in [0.25, 0.3) is 5.91 Å². The molecule has 0 aliphatic carbocycles. The number of hydrogen-bond donors (Lipinski definition) is 1. The Morgan fingerprint density at radius 3 is 2.18 bits per heavy atom. The van der Waals surface area contributed by atoms with E-state index in [0.29, 0.717) is 45.4 Å². The second-order valence-electron chi connectivity index (χ2n) is 7.15. The number of para-hydroxylation sites is 3. The molecule has 1 atom stereocenters. The molecule has 170 valence electrons. The molecule has 0 saturated carbocycles. The highest BCUT2D eigenvalue weighted by atomic mass is 16.5. The van der Waals surface area contributed by atoms with E-state index in [4.69, 9.17) is 18.9 Å². The molecule has 1 aliphatic rings. The summed E-state index contributed by atoms with van der Waals surface area (Å²) in [5, 5.41) is 9.36. The van der Waals surface area contributed by atoms with E-state index in [1.54, 1.807) is 52.9 Å². The van der Waals surface area contributed by atoms with Crippen LogP contribution < -0.4 is 24.3 Å². The largest absolute Gasteiger partial charge is 0.493 e. The van der Waals surface area contributed by atoms with Crippen LogP contribution in [0.2, 0.25) is 0 Å². The number of nitrogens with zero attached hydrogens (tertiary/aromatic N) is 2. The summed E-state index contributed by atoms with van der Waals surface area (Å²) < 4.78 is 22.0.